The quantitative estimate of drug-likeness (QED) is 0.860. The lowest BCUT2D eigenvalue weighted by atomic mass is 9.77. The number of hydrogen-bond acceptors (Lipinski definition) is 2. The van der Waals surface area contributed by atoms with Crippen LogP contribution < -0.4 is 10.1 Å². The van der Waals surface area contributed by atoms with Gasteiger partial charge in [0.25, 0.3) is 0 Å². The van der Waals surface area contributed by atoms with Crippen molar-refractivity contribution in [1.29, 1.82) is 0 Å². The Bertz CT molecular complexity index is 466. The van der Waals surface area contributed by atoms with Gasteiger partial charge in [-0.15, -0.1) is 0 Å². The lowest BCUT2D eigenvalue weighted by molar-refractivity contribution is -0.0152. The molecule has 0 aromatic heterocycles. The van der Waals surface area contributed by atoms with E-state index in [1.807, 2.05) is 0 Å². The van der Waals surface area contributed by atoms with Crippen molar-refractivity contribution in [1.82, 2.24) is 5.32 Å². The van der Waals surface area contributed by atoms with Crippen LogP contribution in [0.3, 0.4) is 0 Å². The largest absolute Gasteiger partial charge is 0.487 e. The summed E-state index contributed by atoms with van der Waals surface area (Å²) in [5.74, 6) is 0.253. The molecule has 0 bridgehead atoms. The number of rotatable bonds is 5. The monoisotopic (exact) mass is 299 g/mol. The van der Waals surface area contributed by atoms with Gasteiger partial charge in [-0.2, -0.15) is 0 Å². The fourth-order valence-corrected chi connectivity index (χ4v) is 2.60. The van der Waals surface area contributed by atoms with E-state index in [1.165, 1.54) is 12.5 Å². The van der Waals surface area contributed by atoms with E-state index in [-0.39, 0.29) is 16.2 Å². The number of ether oxygens (including phenoxy) is 1. The molecule has 0 radical (unpaired) electrons. The normalized spacial score (nSPS) is 17.6. The molecule has 112 valence electrons. The lowest BCUT2D eigenvalue weighted by Gasteiger charge is -2.42. The van der Waals surface area contributed by atoms with E-state index in [2.05, 4.69) is 26.1 Å². The third kappa shape index (κ3) is 4.10. The van der Waals surface area contributed by atoms with Gasteiger partial charge in [-0.1, -0.05) is 11.6 Å². The van der Waals surface area contributed by atoms with Crippen LogP contribution in [0.25, 0.3) is 0 Å². The van der Waals surface area contributed by atoms with Crippen LogP contribution in [0.15, 0.2) is 18.2 Å². The predicted octanol–water partition coefficient (Wildman–Crippen LogP) is 4.56. The van der Waals surface area contributed by atoms with Crippen LogP contribution in [-0.4, -0.2) is 17.7 Å². The molecule has 1 N–H and O–H groups in total. The van der Waals surface area contributed by atoms with Crippen LogP contribution in [-0.2, 0) is 0 Å². The Balaban J connectivity index is 1.95. The Hall–Kier alpha value is -0.800. The fourth-order valence-electron chi connectivity index (χ4n) is 2.43. The van der Waals surface area contributed by atoms with E-state index >= 15 is 0 Å². The summed E-state index contributed by atoms with van der Waals surface area (Å²) >= 11 is 5.80. The van der Waals surface area contributed by atoms with Crippen LogP contribution in [0.5, 0.6) is 5.75 Å². The Morgan fingerprint density at radius 2 is 2.05 bits per heavy atom. The highest BCUT2D eigenvalue weighted by atomic mass is 35.5. The topological polar surface area (TPSA) is 21.3 Å². The van der Waals surface area contributed by atoms with Crippen molar-refractivity contribution in [2.45, 2.75) is 57.6 Å². The number of halogens is 2. The van der Waals surface area contributed by atoms with Crippen molar-refractivity contribution in [2.24, 2.45) is 0 Å². The fraction of sp³-hybridized carbons (Fsp3) is 0.625. The van der Waals surface area contributed by atoms with Gasteiger partial charge in [0, 0.05) is 11.6 Å². The first-order chi connectivity index (χ1) is 9.30. The van der Waals surface area contributed by atoms with Gasteiger partial charge in [-0.25, -0.2) is 4.39 Å². The van der Waals surface area contributed by atoms with Crippen LogP contribution in [0.4, 0.5) is 4.39 Å². The molecule has 1 fully saturated rings. The highest BCUT2D eigenvalue weighted by Gasteiger charge is 2.39. The lowest BCUT2D eigenvalue weighted by Crippen LogP contribution is -2.47. The van der Waals surface area contributed by atoms with E-state index in [0.29, 0.717) is 5.75 Å². The first-order valence-corrected chi connectivity index (χ1v) is 7.57. The third-order valence-corrected chi connectivity index (χ3v) is 4.02. The number of hydrogen-bond donors (Lipinski definition) is 1. The molecule has 1 aliphatic rings. The van der Waals surface area contributed by atoms with Gasteiger partial charge in [0.1, 0.15) is 17.2 Å². The molecule has 4 heteroatoms. The average molecular weight is 300 g/mol. The number of nitrogens with one attached hydrogen (secondary N) is 1. The molecule has 1 aromatic rings. The number of benzene rings is 1. The van der Waals surface area contributed by atoms with E-state index in [1.54, 1.807) is 12.1 Å². The molecule has 1 aliphatic carbocycles. The first-order valence-electron chi connectivity index (χ1n) is 7.19. The molecule has 0 saturated heterocycles. The second-order valence-corrected chi connectivity index (χ2v) is 7.05. The molecule has 2 nitrogen and oxygen atoms in total. The van der Waals surface area contributed by atoms with E-state index < -0.39 is 5.82 Å². The molecule has 1 aromatic carbocycles. The summed E-state index contributed by atoms with van der Waals surface area (Å²) in [4.78, 5) is 0. The molecular weight excluding hydrogens is 277 g/mol. The zero-order valence-electron chi connectivity index (χ0n) is 12.4. The summed E-state index contributed by atoms with van der Waals surface area (Å²) < 4.78 is 19.3. The highest BCUT2D eigenvalue weighted by Crippen LogP contribution is 2.39. The van der Waals surface area contributed by atoms with Gasteiger partial charge >= 0.3 is 0 Å². The summed E-state index contributed by atoms with van der Waals surface area (Å²) in [7, 11) is 0. The summed E-state index contributed by atoms with van der Waals surface area (Å²) in [6.07, 6.45) is 4.24. The van der Waals surface area contributed by atoms with Crippen molar-refractivity contribution < 1.29 is 9.13 Å². The van der Waals surface area contributed by atoms with Crippen LogP contribution >= 0.6 is 11.6 Å². The molecule has 0 aliphatic heterocycles. The maximum atomic E-state index is 13.2. The minimum absolute atomic E-state index is 0.112. The maximum Gasteiger partial charge on any atom is 0.142 e. The van der Waals surface area contributed by atoms with Crippen molar-refractivity contribution in [3.63, 3.8) is 0 Å². The highest BCUT2D eigenvalue weighted by molar-refractivity contribution is 6.30. The standard InChI is InChI=1S/C16H23ClFNO/c1-15(2,3)19-10-9-16(7-4-8-16)20-12-5-6-14(18)13(17)11-12/h5-6,11,19H,4,7-10H2,1-3H3. The van der Waals surface area contributed by atoms with Crippen molar-refractivity contribution in [3.8, 4) is 5.75 Å². The molecule has 1 saturated carbocycles. The Kier molecular flexibility index (Phi) is 4.60. The van der Waals surface area contributed by atoms with Gasteiger partial charge in [0.15, 0.2) is 0 Å². The summed E-state index contributed by atoms with van der Waals surface area (Å²) in [6.45, 7) is 7.38. The molecule has 0 unspecified atom stereocenters. The second-order valence-electron chi connectivity index (χ2n) is 6.64. The Morgan fingerprint density at radius 1 is 1.35 bits per heavy atom. The summed E-state index contributed by atoms with van der Waals surface area (Å²) in [5.41, 5.74) is 0.00350. The molecular formula is C16H23ClFNO. The predicted molar refractivity (Wildman–Crippen MR) is 81.0 cm³/mol. The van der Waals surface area contributed by atoms with Gasteiger partial charge in [0.2, 0.25) is 0 Å². The molecule has 2 rings (SSSR count). The van der Waals surface area contributed by atoms with Gasteiger partial charge in [-0.05, 0) is 65.1 Å². The Morgan fingerprint density at radius 3 is 2.55 bits per heavy atom. The molecule has 0 heterocycles. The SMILES string of the molecule is CC(C)(C)NCCC1(Oc2ccc(F)c(Cl)c2)CCC1. The van der Waals surface area contributed by atoms with Gasteiger partial charge in [0.05, 0.1) is 5.02 Å². The zero-order chi connectivity index (χ0) is 14.8. The minimum Gasteiger partial charge on any atom is -0.487 e. The Labute approximate surface area is 125 Å². The molecule has 20 heavy (non-hydrogen) atoms. The van der Waals surface area contributed by atoms with E-state index in [4.69, 9.17) is 16.3 Å². The summed E-state index contributed by atoms with van der Waals surface area (Å²) in [6, 6.07) is 4.57. The van der Waals surface area contributed by atoms with Crippen LogP contribution in [0.2, 0.25) is 5.02 Å². The molecule has 0 amide bonds. The van der Waals surface area contributed by atoms with Crippen LogP contribution in [0, 0.1) is 5.82 Å². The van der Waals surface area contributed by atoms with Crippen LogP contribution in [0.1, 0.15) is 46.5 Å². The zero-order valence-corrected chi connectivity index (χ0v) is 13.2. The van der Waals surface area contributed by atoms with Crippen molar-refractivity contribution >= 4 is 11.6 Å². The van der Waals surface area contributed by atoms with E-state index in [0.717, 1.165) is 25.8 Å². The molecule has 0 atom stereocenters. The minimum atomic E-state index is -0.406. The molecule has 0 spiro atoms. The van der Waals surface area contributed by atoms with E-state index in [9.17, 15) is 4.39 Å². The van der Waals surface area contributed by atoms with Gasteiger partial charge < -0.3 is 10.1 Å². The average Bonchev–Trinajstić information content (AvgIpc) is 2.29. The maximum absolute atomic E-state index is 13.2. The summed E-state index contributed by atoms with van der Waals surface area (Å²) in [5, 5.41) is 3.60. The van der Waals surface area contributed by atoms with Crippen molar-refractivity contribution in [2.75, 3.05) is 6.54 Å². The first kappa shape index (κ1) is 15.6. The smallest absolute Gasteiger partial charge is 0.142 e. The second kappa shape index (κ2) is 5.90. The van der Waals surface area contributed by atoms with Crippen molar-refractivity contribution in [3.05, 3.63) is 29.0 Å². The third-order valence-electron chi connectivity index (χ3n) is 3.73. The van der Waals surface area contributed by atoms with Gasteiger partial charge in [-0.3, -0.25) is 0 Å².